The van der Waals surface area contributed by atoms with E-state index in [1.807, 2.05) is 80.6 Å². The van der Waals surface area contributed by atoms with Crippen molar-refractivity contribution in [2.45, 2.75) is 45.7 Å². The van der Waals surface area contributed by atoms with Crippen molar-refractivity contribution in [1.82, 2.24) is 10.2 Å². The monoisotopic (exact) mass is 613 g/mol. The summed E-state index contributed by atoms with van der Waals surface area (Å²) in [6.45, 7) is 4.11. The smallest absolute Gasteiger partial charge is 0.244 e. The van der Waals surface area contributed by atoms with Gasteiger partial charge in [-0.05, 0) is 47.7 Å². The lowest BCUT2D eigenvalue weighted by Gasteiger charge is -2.34. The molecule has 0 aliphatic carbocycles. The molecule has 3 aromatic rings. The van der Waals surface area contributed by atoms with E-state index in [9.17, 15) is 18.0 Å². The summed E-state index contributed by atoms with van der Waals surface area (Å²) in [6.07, 6.45) is 2.75. The number of carbonyl (C=O) groups excluding carboxylic acids is 2. The summed E-state index contributed by atoms with van der Waals surface area (Å²) in [5.41, 5.74) is 3.01. The van der Waals surface area contributed by atoms with E-state index in [2.05, 4.69) is 21.2 Å². The predicted molar refractivity (Wildman–Crippen MR) is 160 cm³/mol. The van der Waals surface area contributed by atoms with Crippen molar-refractivity contribution in [3.63, 3.8) is 0 Å². The van der Waals surface area contributed by atoms with Crippen LogP contribution >= 0.6 is 15.9 Å². The van der Waals surface area contributed by atoms with E-state index < -0.39 is 28.5 Å². The summed E-state index contributed by atoms with van der Waals surface area (Å²) in [5.74, 6) is -0.729. The molecule has 3 rings (SSSR count). The first-order chi connectivity index (χ1) is 18.6. The Morgan fingerprint density at radius 3 is 2.15 bits per heavy atom. The van der Waals surface area contributed by atoms with Crippen LogP contribution < -0.4 is 9.62 Å². The highest BCUT2D eigenvalue weighted by Crippen LogP contribution is 2.25. The Balaban J connectivity index is 2.05. The average Bonchev–Trinajstić information content (AvgIpc) is 2.93. The SMILES string of the molecule is CCCNC(=O)[C@@H](Cc1ccccc1)N(Cc1ccc(Br)cc1)C(=O)CN(c1ccccc1CC)S(C)(=O)=O. The summed E-state index contributed by atoms with van der Waals surface area (Å²) in [6, 6.07) is 23.4. The second-order valence-electron chi connectivity index (χ2n) is 9.40. The Morgan fingerprint density at radius 1 is 0.897 bits per heavy atom. The molecule has 0 saturated carbocycles. The van der Waals surface area contributed by atoms with Gasteiger partial charge in [-0.15, -0.1) is 0 Å². The summed E-state index contributed by atoms with van der Waals surface area (Å²) < 4.78 is 28.0. The van der Waals surface area contributed by atoms with Crippen LogP contribution in [-0.2, 0) is 39.0 Å². The maximum absolute atomic E-state index is 14.1. The highest BCUT2D eigenvalue weighted by atomic mass is 79.9. The minimum absolute atomic E-state index is 0.149. The second kappa shape index (κ2) is 14.3. The van der Waals surface area contributed by atoms with Crippen LogP contribution in [0.1, 0.15) is 37.0 Å². The van der Waals surface area contributed by atoms with Gasteiger partial charge >= 0.3 is 0 Å². The van der Waals surface area contributed by atoms with Crippen molar-refractivity contribution >= 4 is 43.5 Å². The molecule has 3 aromatic carbocycles. The third-order valence-corrected chi connectivity index (χ3v) is 8.06. The number of amides is 2. The first kappa shape index (κ1) is 30.4. The molecule has 1 N–H and O–H groups in total. The first-order valence-electron chi connectivity index (χ1n) is 13.0. The molecule has 0 radical (unpaired) electrons. The molecule has 208 valence electrons. The van der Waals surface area contributed by atoms with E-state index in [0.717, 1.165) is 38.1 Å². The third kappa shape index (κ3) is 8.66. The van der Waals surface area contributed by atoms with E-state index in [1.54, 1.807) is 12.1 Å². The molecule has 0 spiro atoms. The number of sulfonamides is 1. The summed E-state index contributed by atoms with van der Waals surface area (Å²) in [4.78, 5) is 29.1. The van der Waals surface area contributed by atoms with Crippen molar-refractivity contribution in [3.05, 3.63) is 100 Å². The molecular weight excluding hydrogens is 578 g/mol. The normalized spacial score (nSPS) is 12.0. The molecule has 0 bridgehead atoms. The average molecular weight is 615 g/mol. The molecule has 0 fully saturated rings. The van der Waals surface area contributed by atoms with Crippen LogP contribution in [0.3, 0.4) is 0 Å². The van der Waals surface area contributed by atoms with Crippen LogP contribution in [0.5, 0.6) is 0 Å². The quantitative estimate of drug-likeness (QED) is 0.296. The van der Waals surface area contributed by atoms with Crippen molar-refractivity contribution < 1.29 is 18.0 Å². The highest BCUT2D eigenvalue weighted by molar-refractivity contribution is 9.10. The number of nitrogens with one attached hydrogen (secondary N) is 1. The molecule has 39 heavy (non-hydrogen) atoms. The van der Waals surface area contributed by atoms with Gasteiger partial charge in [0.25, 0.3) is 0 Å². The maximum atomic E-state index is 14.1. The van der Waals surface area contributed by atoms with Gasteiger partial charge in [-0.1, -0.05) is 90.4 Å². The number of carbonyl (C=O) groups is 2. The zero-order valence-electron chi connectivity index (χ0n) is 22.6. The second-order valence-corrected chi connectivity index (χ2v) is 12.2. The van der Waals surface area contributed by atoms with Crippen LogP contribution in [0.25, 0.3) is 0 Å². The van der Waals surface area contributed by atoms with Gasteiger partial charge in [0, 0.05) is 24.0 Å². The third-order valence-electron chi connectivity index (χ3n) is 6.41. The van der Waals surface area contributed by atoms with E-state index in [-0.39, 0.29) is 12.5 Å². The fourth-order valence-corrected chi connectivity index (χ4v) is 5.50. The minimum atomic E-state index is -3.80. The number of anilines is 1. The largest absolute Gasteiger partial charge is 0.354 e. The van der Waals surface area contributed by atoms with Crippen LogP contribution in [0.2, 0.25) is 0 Å². The molecule has 0 heterocycles. The molecule has 0 unspecified atom stereocenters. The zero-order chi connectivity index (χ0) is 28.4. The molecule has 0 aliphatic rings. The summed E-state index contributed by atoms with van der Waals surface area (Å²) in [7, 11) is -3.80. The Labute approximate surface area is 240 Å². The number of nitrogens with zero attached hydrogens (tertiary/aromatic N) is 2. The minimum Gasteiger partial charge on any atom is -0.354 e. The zero-order valence-corrected chi connectivity index (χ0v) is 25.0. The lowest BCUT2D eigenvalue weighted by atomic mass is 10.0. The molecule has 7 nitrogen and oxygen atoms in total. The van der Waals surface area contributed by atoms with Crippen molar-refractivity contribution in [3.8, 4) is 0 Å². The maximum Gasteiger partial charge on any atom is 0.244 e. The molecule has 1 atom stereocenters. The standard InChI is InChI=1S/C30H36BrN3O4S/c1-4-19-32-30(36)28(20-23-11-7-6-8-12-23)33(21-24-15-17-26(31)18-16-24)29(35)22-34(39(3,37)38)27-14-10-9-13-25(27)5-2/h6-18,28H,4-5,19-22H2,1-3H3,(H,32,36)/t28-/m1/s1. The Hall–Kier alpha value is -3.17. The van der Waals surface area contributed by atoms with Gasteiger partial charge < -0.3 is 10.2 Å². The molecule has 0 saturated heterocycles. The summed E-state index contributed by atoms with van der Waals surface area (Å²) >= 11 is 3.44. The van der Waals surface area contributed by atoms with Crippen LogP contribution in [0.15, 0.2) is 83.3 Å². The van der Waals surface area contributed by atoms with Crippen LogP contribution in [0, 0.1) is 0 Å². The van der Waals surface area contributed by atoms with Gasteiger partial charge in [-0.25, -0.2) is 8.42 Å². The predicted octanol–water partition coefficient (Wildman–Crippen LogP) is 4.94. The summed E-state index contributed by atoms with van der Waals surface area (Å²) in [5, 5.41) is 2.94. The van der Waals surface area contributed by atoms with Crippen molar-refractivity contribution in [1.29, 1.82) is 0 Å². The Bertz CT molecular complexity index is 1350. The van der Waals surface area contributed by atoms with E-state index in [0.29, 0.717) is 25.1 Å². The van der Waals surface area contributed by atoms with Gasteiger partial charge in [0.15, 0.2) is 0 Å². The van der Waals surface area contributed by atoms with Gasteiger partial charge in [0.05, 0.1) is 11.9 Å². The van der Waals surface area contributed by atoms with Crippen molar-refractivity contribution in [2.75, 3.05) is 23.7 Å². The fourth-order valence-electron chi connectivity index (χ4n) is 4.35. The van der Waals surface area contributed by atoms with Gasteiger partial charge in [-0.3, -0.25) is 13.9 Å². The lowest BCUT2D eigenvalue weighted by Crippen LogP contribution is -2.53. The molecule has 2 amide bonds. The topological polar surface area (TPSA) is 86.8 Å². The van der Waals surface area contributed by atoms with Crippen LogP contribution in [-0.4, -0.2) is 50.5 Å². The van der Waals surface area contributed by atoms with E-state index >= 15 is 0 Å². The number of hydrogen-bond acceptors (Lipinski definition) is 4. The highest BCUT2D eigenvalue weighted by Gasteiger charge is 2.33. The van der Waals surface area contributed by atoms with E-state index in [1.165, 1.54) is 4.90 Å². The van der Waals surface area contributed by atoms with Gasteiger partial charge in [0.1, 0.15) is 12.6 Å². The Morgan fingerprint density at radius 2 is 1.54 bits per heavy atom. The number of halogens is 1. The molecular formula is C30H36BrN3O4S. The number of hydrogen-bond donors (Lipinski definition) is 1. The Kier molecular flexibility index (Phi) is 11.1. The number of aryl methyl sites for hydroxylation is 1. The molecule has 0 aromatic heterocycles. The fraction of sp³-hybridized carbons (Fsp3) is 0.333. The molecule has 0 aliphatic heterocycles. The number of rotatable bonds is 13. The number of para-hydroxylation sites is 1. The van der Waals surface area contributed by atoms with Gasteiger partial charge in [0.2, 0.25) is 21.8 Å². The van der Waals surface area contributed by atoms with Crippen molar-refractivity contribution in [2.24, 2.45) is 0 Å². The van der Waals surface area contributed by atoms with E-state index in [4.69, 9.17) is 0 Å². The molecule has 9 heteroatoms. The first-order valence-corrected chi connectivity index (χ1v) is 15.7. The lowest BCUT2D eigenvalue weighted by molar-refractivity contribution is -0.140. The number of benzene rings is 3. The van der Waals surface area contributed by atoms with Gasteiger partial charge in [-0.2, -0.15) is 0 Å². The van der Waals surface area contributed by atoms with Crippen LogP contribution in [0.4, 0.5) is 5.69 Å².